The molecule has 2 aliphatic rings. The number of likely N-dealkylation sites (tertiary alicyclic amines) is 1. The van der Waals surface area contributed by atoms with E-state index in [-0.39, 0.29) is 18.0 Å². The van der Waals surface area contributed by atoms with Gasteiger partial charge < -0.3 is 15.5 Å². The van der Waals surface area contributed by atoms with Gasteiger partial charge in [0, 0.05) is 26.1 Å². The highest BCUT2D eigenvalue weighted by Crippen LogP contribution is 2.40. The summed E-state index contributed by atoms with van der Waals surface area (Å²) in [7, 11) is 0. The van der Waals surface area contributed by atoms with Gasteiger partial charge in [0.2, 0.25) is 5.91 Å². The molecule has 1 heterocycles. The number of aryl methyl sites for hydroxylation is 1. The van der Waals surface area contributed by atoms with Crippen LogP contribution in [0.1, 0.15) is 55.7 Å². The van der Waals surface area contributed by atoms with Crippen molar-refractivity contribution in [1.82, 2.24) is 15.5 Å². The Morgan fingerprint density at radius 3 is 2.44 bits per heavy atom. The van der Waals surface area contributed by atoms with Crippen molar-refractivity contribution >= 4 is 11.9 Å². The maximum atomic E-state index is 12.2. The number of nitrogens with one attached hydrogen (secondary N) is 2. The zero-order chi connectivity index (χ0) is 17.6. The van der Waals surface area contributed by atoms with Crippen LogP contribution in [0.25, 0.3) is 0 Å². The number of amides is 3. The van der Waals surface area contributed by atoms with E-state index in [2.05, 4.69) is 41.8 Å². The van der Waals surface area contributed by atoms with Crippen molar-refractivity contribution in [2.45, 2.75) is 51.5 Å². The van der Waals surface area contributed by atoms with Gasteiger partial charge in [-0.1, -0.05) is 29.8 Å². The molecular formula is C20H29N3O2. The summed E-state index contributed by atoms with van der Waals surface area (Å²) in [6, 6.07) is 8.25. The number of hydrogen-bond acceptors (Lipinski definition) is 2. The van der Waals surface area contributed by atoms with Crippen LogP contribution in [0.2, 0.25) is 0 Å². The Morgan fingerprint density at radius 2 is 1.80 bits per heavy atom. The summed E-state index contributed by atoms with van der Waals surface area (Å²) < 4.78 is 0. The van der Waals surface area contributed by atoms with Gasteiger partial charge in [0.15, 0.2) is 0 Å². The van der Waals surface area contributed by atoms with Gasteiger partial charge in [-0.05, 0) is 50.5 Å². The lowest BCUT2D eigenvalue weighted by Gasteiger charge is -2.26. The first-order chi connectivity index (χ1) is 12.1. The average molecular weight is 343 g/mol. The summed E-state index contributed by atoms with van der Waals surface area (Å²) in [6.07, 6.45) is 6.11. The number of piperidine rings is 1. The van der Waals surface area contributed by atoms with Gasteiger partial charge in [-0.3, -0.25) is 4.79 Å². The van der Waals surface area contributed by atoms with Crippen LogP contribution in [0.3, 0.4) is 0 Å². The second kappa shape index (κ2) is 8.37. The monoisotopic (exact) mass is 343 g/mol. The largest absolute Gasteiger partial charge is 0.343 e. The molecule has 3 rings (SSSR count). The molecule has 5 nitrogen and oxygen atoms in total. The first-order valence-electron chi connectivity index (χ1n) is 9.52. The maximum absolute atomic E-state index is 12.2. The van der Waals surface area contributed by atoms with Gasteiger partial charge in [0.1, 0.15) is 0 Å². The molecule has 5 heteroatoms. The molecule has 0 unspecified atom stereocenters. The molecular weight excluding hydrogens is 314 g/mol. The first kappa shape index (κ1) is 17.8. The molecule has 2 N–H and O–H groups in total. The van der Waals surface area contributed by atoms with Gasteiger partial charge in [-0.2, -0.15) is 0 Å². The van der Waals surface area contributed by atoms with E-state index < -0.39 is 0 Å². The standard InChI is InChI=1S/C20H29N3O2/c1-15-5-7-16(8-6-15)19(17-9-10-17)22-20(25)21-12-11-18(24)23-13-3-2-4-14-23/h5-8,17,19H,2-4,9-14H2,1H3,(H2,21,22,25)/t19-/m0/s1. The van der Waals surface area contributed by atoms with Gasteiger partial charge in [-0.25, -0.2) is 4.79 Å². The number of nitrogens with zero attached hydrogens (tertiary/aromatic N) is 1. The summed E-state index contributed by atoms with van der Waals surface area (Å²) in [5.41, 5.74) is 2.38. The lowest BCUT2D eigenvalue weighted by atomic mass is 10.0. The van der Waals surface area contributed by atoms with Crippen molar-refractivity contribution < 1.29 is 9.59 Å². The number of rotatable bonds is 6. The van der Waals surface area contributed by atoms with Crippen molar-refractivity contribution in [3.63, 3.8) is 0 Å². The maximum Gasteiger partial charge on any atom is 0.315 e. The minimum Gasteiger partial charge on any atom is -0.343 e. The summed E-state index contributed by atoms with van der Waals surface area (Å²) in [5, 5.41) is 5.94. The van der Waals surface area contributed by atoms with E-state index >= 15 is 0 Å². The van der Waals surface area contributed by atoms with Crippen LogP contribution in [-0.4, -0.2) is 36.5 Å². The summed E-state index contributed by atoms with van der Waals surface area (Å²) in [6.45, 7) is 4.19. The van der Waals surface area contributed by atoms with E-state index in [0.717, 1.165) is 44.3 Å². The molecule has 0 radical (unpaired) electrons. The van der Waals surface area contributed by atoms with Crippen molar-refractivity contribution in [2.24, 2.45) is 5.92 Å². The molecule has 1 atom stereocenters. The SMILES string of the molecule is Cc1ccc([C@H](NC(=O)NCCC(=O)N2CCCCC2)C2CC2)cc1. The molecule has 136 valence electrons. The van der Waals surface area contributed by atoms with Crippen LogP contribution in [0.15, 0.2) is 24.3 Å². The van der Waals surface area contributed by atoms with Crippen molar-refractivity contribution in [2.75, 3.05) is 19.6 Å². The second-order valence-electron chi connectivity index (χ2n) is 7.32. The molecule has 0 spiro atoms. The molecule has 3 amide bonds. The number of carbonyl (C=O) groups excluding carboxylic acids is 2. The molecule has 1 aliphatic carbocycles. The van der Waals surface area contributed by atoms with Gasteiger partial charge in [0.05, 0.1) is 6.04 Å². The fourth-order valence-electron chi connectivity index (χ4n) is 3.45. The smallest absolute Gasteiger partial charge is 0.315 e. The Balaban J connectivity index is 1.44. The van der Waals surface area contributed by atoms with E-state index in [1.54, 1.807) is 0 Å². The fraction of sp³-hybridized carbons (Fsp3) is 0.600. The number of carbonyl (C=O) groups is 2. The topological polar surface area (TPSA) is 61.4 Å². The van der Waals surface area contributed by atoms with Crippen molar-refractivity contribution in [3.05, 3.63) is 35.4 Å². The zero-order valence-corrected chi connectivity index (χ0v) is 15.1. The predicted molar refractivity (Wildman–Crippen MR) is 98.2 cm³/mol. The van der Waals surface area contributed by atoms with Gasteiger partial charge >= 0.3 is 6.03 Å². The quantitative estimate of drug-likeness (QED) is 0.833. The van der Waals surface area contributed by atoms with E-state index in [0.29, 0.717) is 18.9 Å². The highest BCUT2D eigenvalue weighted by Gasteiger charge is 2.33. The van der Waals surface area contributed by atoms with Crippen LogP contribution < -0.4 is 10.6 Å². The third-order valence-corrected chi connectivity index (χ3v) is 5.15. The van der Waals surface area contributed by atoms with Gasteiger partial charge in [0.25, 0.3) is 0 Å². The molecule has 2 fully saturated rings. The predicted octanol–water partition coefficient (Wildman–Crippen LogP) is 3.15. The summed E-state index contributed by atoms with van der Waals surface area (Å²) >= 11 is 0. The van der Waals surface area contributed by atoms with Crippen molar-refractivity contribution in [3.8, 4) is 0 Å². The lowest BCUT2D eigenvalue weighted by Crippen LogP contribution is -2.41. The molecule has 1 saturated heterocycles. The molecule has 0 aromatic heterocycles. The Hall–Kier alpha value is -2.04. The van der Waals surface area contributed by atoms with Crippen LogP contribution >= 0.6 is 0 Å². The lowest BCUT2D eigenvalue weighted by molar-refractivity contribution is -0.131. The van der Waals surface area contributed by atoms with Crippen LogP contribution in [0.4, 0.5) is 4.79 Å². The van der Waals surface area contributed by atoms with Crippen LogP contribution in [0.5, 0.6) is 0 Å². The van der Waals surface area contributed by atoms with Gasteiger partial charge in [-0.15, -0.1) is 0 Å². The molecule has 1 aromatic rings. The van der Waals surface area contributed by atoms with E-state index in [1.165, 1.54) is 12.0 Å². The van der Waals surface area contributed by atoms with Crippen LogP contribution in [-0.2, 0) is 4.79 Å². The van der Waals surface area contributed by atoms with Crippen LogP contribution in [0, 0.1) is 12.8 Å². The Morgan fingerprint density at radius 1 is 1.12 bits per heavy atom. The minimum atomic E-state index is -0.177. The Labute approximate surface area is 150 Å². The number of urea groups is 1. The fourth-order valence-corrected chi connectivity index (χ4v) is 3.45. The second-order valence-corrected chi connectivity index (χ2v) is 7.32. The molecule has 1 aliphatic heterocycles. The van der Waals surface area contributed by atoms with Crippen molar-refractivity contribution in [1.29, 1.82) is 0 Å². The Bertz CT molecular complexity index is 589. The normalized spacial score (nSPS) is 18.5. The number of hydrogen-bond donors (Lipinski definition) is 2. The molecule has 1 saturated carbocycles. The average Bonchev–Trinajstić information content (AvgIpc) is 3.46. The third-order valence-electron chi connectivity index (χ3n) is 5.15. The minimum absolute atomic E-state index is 0.0680. The molecule has 0 bridgehead atoms. The van der Waals surface area contributed by atoms with E-state index in [9.17, 15) is 9.59 Å². The van der Waals surface area contributed by atoms with E-state index in [4.69, 9.17) is 0 Å². The number of benzene rings is 1. The molecule has 25 heavy (non-hydrogen) atoms. The zero-order valence-electron chi connectivity index (χ0n) is 15.1. The highest BCUT2D eigenvalue weighted by molar-refractivity contribution is 5.78. The third kappa shape index (κ3) is 5.21. The summed E-state index contributed by atoms with van der Waals surface area (Å²) in [4.78, 5) is 26.3. The highest BCUT2D eigenvalue weighted by atomic mass is 16.2. The molecule has 1 aromatic carbocycles. The Kier molecular flexibility index (Phi) is 5.95. The summed E-state index contributed by atoms with van der Waals surface area (Å²) in [5.74, 6) is 0.681. The van der Waals surface area contributed by atoms with E-state index in [1.807, 2.05) is 4.90 Å². The first-order valence-corrected chi connectivity index (χ1v) is 9.52.